The molecule has 0 saturated carbocycles. The van der Waals surface area contributed by atoms with Crippen molar-refractivity contribution in [1.82, 2.24) is 20.4 Å². The van der Waals surface area contributed by atoms with Crippen LogP contribution in [-0.4, -0.2) is 70.1 Å². The Bertz CT molecular complexity index is 1270. The van der Waals surface area contributed by atoms with Crippen LogP contribution in [0.1, 0.15) is 61.8 Å². The van der Waals surface area contributed by atoms with Gasteiger partial charge in [0, 0.05) is 24.2 Å². The fourth-order valence-corrected chi connectivity index (χ4v) is 4.89. The summed E-state index contributed by atoms with van der Waals surface area (Å²) in [6, 6.07) is 10.5. The van der Waals surface area contributed by atoms with Crippen molar-refractivity contribution >= 4 is 5.91 Å². The van der Waals surface area contributed by atoms with Crippen LogP contribution < -0.4 is 10.1 Å². The lowest BCUT2D eigenvalue weighted by Crippen LogP contribution is -2.36. The molecule has 39 heavy (non-hydrogen) atoms. The number of nitrogens with zero attached hydrogens (tertiary/aromatic N) is 3. The van der Waals surface area contributed by atoms with Gasteiger partial charge in [-0.2, -0.15) is 4.98 Å². The first-order valence-corrected chi connectivity index (χ1v) is 13.8. The molecule has 3 aromatic rings. The summed E-state index contributed by atoms with van der Waals surface area (Å²) in [5.41, 5.74) is 6.13. The average molecular weight is 537 g/mol. The molecule has 2 aromatic carbocycles. The highest BCUT2D eigenvalue weighted by molar-refractivity contribution is 5.76. The number of aromatic nitrogens is 2. The minimum atomic E-state index is -0.902. The summed E-state index contributed by atoms with van der Waals surface area (Å²) in [5, 5.41) is 25.7. The Morgan fingerprint density at radius 1 is 1.15 bits per heavy atom. The van der Waals surface area contributed by atoms with Crippen molar-refractivity contribution in [2.45, 2.75) is 65.5 Å². The van der Waals surface area contributed by atoms with E-state index in [4.69, 9.17) is 19.4 Å². The van der Waals surface area contributed by atoms with Crippen molar-refractivity contribution in [3.05, 3.63) is 52.6 Å². The van der Waals surface area contributed by atoms with E-state index >= 15 is 0 Å². The second-order valence-corrected chi connectivity index (χ2v) is 10.6. The monoisotopic (exact) mass is 536 g/mol. The van der Waals surface area contributed by atoms with Gasteiger partial charge in [0.25, 0.3) is 5.89 Å². The maximum Gasteiger partial charge on any atom is 0.258 e. The largest absolute Gasteiger partial charge is 0.490 e. The molecular weight excluding hydrogens is 496 g/mol. The molecule has 0 unspecified atom stereocenters. The van der Waals surface area contributed by atoms with Crippen molar-refractivity contribution in [3.63, 3.8) is 0 Å². The van der Waals surface area contributed by atoms with E-state index in [1.165, 1.54) is 24.0 Å². The van der Waals surface area contributed by atoms with Crippen LogP contribution in [0, 0.1) is 6.92 Å². The third-order valence-corrected chi connectivity index (χ3v) is 7.05. The third kappa shape index (κ3) is 7.44. The van der Waals surface area contributed by atoms with Gasteiger partial charge < -0.3 is 24.8 Å². The summed E-state index contributed by atoms with van der Waals surface area (Å²) >= 11 is 0. The predicted molar refractivity (Wildman–Crippen MR) is 149 cm³/mol. The molecule has 2 heterocycles. The minimum Gasteiger partial charge on any atom is -0.490 e. The SMILES string of the molecule is CCc1cc(-c2noc(-c3cc(CN4CCCC4)cc(C(C)C)c3)n2)cc(C)c1OC[C@@H](O)CNC(=O)CO. The molecule has 4 rings (SSSR count). The molecule has 1 aromatic heterocycles. The van der Waals surface area contributed by atoms with Gasteiger partial charge in [0.1, 0.15) is 25.1 Å². The molecular formula is C30H40N4O5. The summed E-state index contributed by atoms with van der Waals surface area (Å²) in [7, 11) is 0. The van der Waals surface area contributed by atoms with Crippen molar-refractivity contribution < 1.29 is 24.3 Å². The Balaban J connectivity index is 1.53. The number of likely N-dealkylation sites (tertiary alicyclic amines) is 1. The van der Waals surface area contributed by atoms with Crippen LogP contribution in [0.5, 0.6) is 5.75 Å². The number of hydrogen-bond donors (Lipinski definition) is 3. The molecule has 0 bridgehead atoms. The number of aryl methyl sites for hydroxylation is 2. The standard InChI is InChI=1S/C30H40N4O5/c1-5-22-13-24(10-20(4)28(22)38-18-26(36)15-31-27(37)17-35)29-32-30(39-33-29)25-12-21(11-23(14-25)19(2)3)16-34-8-6-7-9-34/h10-14,19,26,35-36H,5-9,15-18H2,1-4H3,(H,31,37)/t26-/m0/s1. The van der Waals surface area contributed by atoms with E-state index in [1.807, 2.05) is 26.0 Å². The molecule has 210 valence electrons. The summed E-state index contributed by atoms with van der Waals surface area (Å²) in [6.45, 7) is 11.0. The fourth-order valence-electron chi connectivity index (χ4n) is 4.89. The number of ether oxygens (including phenoxy) is 1. The van der Waals surface area contributed by atoms with E-state index < -0.39 is 18.6 Å². The lowest BCUT2D eigenvalue weighted by Gasteiger charge is -2.17. The molecule has 0 spiro atoms. The van der Waals surface area contributed by atoms with Gasteiger partial charge in [0.15, 0.2) is 0 Å². The van der Waals surface area contributed by atoms with E-state index in [0.717, 1.165) is 41.9 Å². The number of aliphatic hydroxyl groups is 2. The molecule has 9 heteroatoms. The second-order valence-electron chi connectivity index (χ2n) is 10.6. The van der Waals surface area contributed by atoms with Gasteiger partial charge in [0.05, 0.1) is 0 Å². The lowest BCUT2D eigenvalue weighted by molar-refractivity contribution is -0.124. The van der Waals surface area contributed by atoms with Gasteiger partial charge in [-0.25, -0.2) is 0 Å². The molecule has 1 aliphatic rings. The molecule has 1 amide bonds. The molecule has 1 aliphatic heterocycles. The van der Waals surface area contributed by atoms with Crippen LogP contribution in [0.3, 0.4) is 0 Å². The molecule has 3 N–H and O–H groups in total. The molecule has 0 radical (unpaired) electrons. The van der Waals surface area contributed by atoms with Gasteiger partial charge in [-0.05, 0) is 91.7 Å². The van der Waals surface area contributed by atoms with Crippen molar-refractivity contribution in [2.24, 2.45) is 0 Å². The summed E-state index contributed by atoms with van der Waals surface area (Å²) in [4.78, 5) is 18.5. The fraction of sp³-hybridized carbons (Fsp3) is 0.500. The third-order valence-electron chi connectivity index (χ3n) is 7.05. The summed E-state index contributed by atoms with van der Waals surface area (Å²) in [6.07, 6.45) is 2.33. The highest BCUT2D eigenvalue weighted by atomic mass is 16.5. The smallest absolute Gasteiger partial charge is 0.258 e. The Labute approximate surface area is 230 Å². The topological polar surface area (TPSA) is 121 Å². The Kier molecular flexibility index (Phi) is 9.72. The van der Waals surface area contributed by atoms with E-state index in [-0.39, 0.29) is 13.2 Å². The Morgan fingerprint density at radius 2 is 1.92 bits per heavy atom. The molecule has 1 atom stereocenters. The normalized spacial score (nSPS) is 14.6. The first-order valence-electron chi connectivity index (χ1n) is 13.8. The minimum absolute atomic E-state index is 0.00136. The van der Waals surface area contributed by atoms with E-state index in [9.17, 15) is 9.90 Å². The number of benzene rings is 2. The number of carbonyl (C=O) groups excluding carboxylic acids is 1. The van der Waals surface area contributed by atoms with Crippen molar-refractivity contribution in [2.75, 3.05) is 32.8 Å². The van der Waals surface area contributed by atoms with Crippen molar-refractivity contribution in [1.29, 1.82) is 0 Å². The molecule has 1 saturated heterocycles. The highest BCUT2D eigenvalue weighted by Gasteiger charge is 2.19. The van der Waals surface area contributed by atoms with Crippen LogP contribution >= 0.6 is 0 Å². The number of nitrogens with one attached hydrogen (secondary N) is 1. The van der Waals surface area contributed by atoms with Crippen LogP contribution in [-0.2, 0) is 17.8 Å². The predicted octanol–water partition coefficient (Wildman–Crippen LogP) is 3.84. The van der Waals surface area contributed by atoms with Crippen LogP contribution in [0.2, 0.25) is 0 Å². The number of amides is 1. The van der Waals surface area contributed by atoms with E-state index in [2.05, 4.69) is 47.4 Å². The van der Waals surface area contributed by atoms with Gasteiger partial charge in [-0.1, -0.05) is 32.0 Å². The first-order chi connectivity index (χ1) is 18.8. The molecule has 1 fully saturated rings. The lowest BCUT2D eigenvalue weighted by atomic mass is 9.97. The number of hydrogen-bond acceptors (Lipinski definition) is 8. The zero-order chi connectivity index (χ0) is 27.9. The van der Waals surface area contributed by atoms with Crippen LogP contribution in [0.25, 0.3) is 22.8 Å². The van der Waals surface area contributed by atoms with E-state index in [1.54, 1.807) is 0 Å². The van der Waals surface area contributed by atoms with Crippen LogP contribution in [0.15, 0.2) is 34.9 Å². The molecule has 9 nitrogen and oxygen atoms in total. The summed E-state index contributed by atoms with van der Waals surface area (Å²) < 4.78 is 11.7. The molecule has 0 aliphatic carbocycles. The maximum absolute atomic E-state index is 11.2. The highest BCUT2D eigenvalue weighted by Crippen LogP contribution is 2.32. The second kappa shape index (κ2) is 13.2. The van der Waals surface area contributed by atoms with Gasteiger partial charge >= 0.3 is 0 Å². The quantitative estimate of drug-likeness (QED) is 0.319. The van der Waals surface area contributed by atoms with Gasteiger partial charge in [-0.15, -0.1) is 0 Å². The maximum atomic E-state index is 11.2. The average Bonchev–Trinajstić information content (AvgIpc) is 3.63. The number of aliphatic hydroxyl groups excluding tert-OH is 2. The first kappa shape index (κ1) is 28.7. The van der Waals surface area contributed by atoms with Crippen molar-refractivity contribution in [3.8, 4) is 28.6 Å². The number of carbonyl (C=O) groups is 1. The van der Waals surface area contributed by atoms with Gasteiger partial charge in [0.2, 0.25) is 11.7 Å². The Morgan fingerprint density at radius 3 is 2.62 bits per heavy atom. The zero-order valence-electron chi connectivity index (χ0n) is 23.4. The van der Waals surface area contributed by atoms with Gasteiger partial charge in [-0.3, -0.25) is 9.69 Å². The zero-order valence-corrected chi connectivity index (χ0v) is 23.4. The Hall–Kier alpha value is -3.27. The van der Waals surface area contributed by atoms with E-state index in [0.29, 0.717) is 29.8 Å². The number of rotatable bonds is 12. The van der Waals surface area contributed by atoms with Crippen LogP contribution in [0.4, 0.5) is 0 Å². The summed E-state index contributed by atoms with van der Waals surface area (Å²) in [5.74, 6) is 1.54.